The van der Waals surface area contributed by atoms with Gasteiger partial charge in [-0.05, 0) is 56.5 Å². The Labute approximate surface area is 180 Å². The first kappa shape index (κ1) is 20.8. The number of piperidine rings is 1. The summed E-state index contributed by atoms with van der Waals surface area (Å²) in [6.45, 7) is 4.62. The lowest BCUT2D eigenvalue weighted by atomic mass is 9.97. The highest BCUT2D eigenvalue weighted by atomic mass is 16.5. The van der Waals surface area contributed by atoms with E-state index >= 15 is 0 Å². The molecule has 2 heterocycles. The highest BCUT2D eigenvalue weighted by Gasteiger charge is 2.38. The van der Waals surface area contributed by atoms with Gasteiger partial charge in [0.25, 0.3) is 17.7 Å². The Bertz CT molecular complexity index is 1110. The molecule has 0 saturated carbocycles. The second-order valence-corrected chi connectivity index (χ2v) is 8.11. The van der Waals surface area contributed by atoms with Crippen LogP contribution in [0, 0.1) is 19.8 Å². The van der Waals surface area contributed by atoms with Crippen molar-refractivity contribution in [2.24, 2.45) is 5.92 Å². The summed E-state index contributed by atoms with van der Waals surface area (Å²) >= 11 is 0. The fourth-order valence-corrected chi connectivity index (χ4v) is 4.35. The van der Waals surface area contributed by atoms with E-state index in [2.05, 4.69) is 0 Å². The van der Waals surface area contributed by atoms with Crippen molar-refractivity contribution in [2.75, 3.05) is 25.1 Å². The summed E-state index contributed by atoms with van der Waals surface area (Å²) in [6, 6.07) is 10.1. The summed E-state index contributed by atoms with van der Waals surface area (Å²) < 4.78 is 4.82. The molecule has 1 atom stereocenters. The van der Waals surface area contributed by atoms with Crippen LogP contribution in [0.1, 0.15) is 55.0 Å². The van der Waals surface area contributed by atoms with Crippen molar-refractivity contribution in [1.82, 2.24) is 4.90 Å². The van der Waals surface area contributed by atoms with Crippen LogP contribution in [0.5, 0.6) is 0 Å². The van der Waals surface area contributed by atoms with Crippen LogP contribution in [0.15, 0.2) is 36.4 Å². The number of hydrogen-bond acceptors (Lipinski definition) is 5. The van der Waals surface area contributed by atoms with Crippen LogP contribution < -0.4 is 4.90 Å². The van der Waals surface area contributed by atoms with Crippen molar-refractivity contribution >= 4 is 29.4 Å². The number of imide groups is 1. The van der Waals surface area contributed by atoms with E-state index in [9.17, 15) is 19.2 Å². The Hall–Kier alpha value is -3.48. The molecule has 2 aliphatic rings. The number of likely N-dealkylation sites (tertiary alicyclic amines) is 1. The molecule has 0 spiro atoms. The third-order valence-electron chi connectivity index (χ3n) is 5.97. The van der Waals surface area contributed by atoms with Gasteiger partial charge in [-0.2, -0.15) is 0 Å². The van der Waals surface area contributed by atoms with Crippen molar-refractivity contribution in [3.8, 4) is 0 Å². The number of carbonyl (C=O) groups excluding carboxylic acids is 4. The maximum Gasteiger partial charge on any atom is 0.310 e. The first-order chi connectivity index (χ1) is 14.8. The van der Waals surface area contributed by atoms with Crippen LogP contribution in [-0.4, -0.2) is 48.8 Å². The lowest BCUT2D eigenvalue weighted by molar-refractivity contribution is -0.146. The van der Waals surface area contributed by atoms with Gasteiger partial charge in [0.1, 0.15) is 0 Å². The quantitative estimate of drug-likeness (QED) is 0.563. The molecule has 0 radical (unpaired) electrons. The number of amides is 3. The number of aryl methyl sites for hydroxylation is 2. The second kappa shape index (κ2) is 7.98. The summed E-state index contributed by atoms with van der Waals surface area (Å²) in [5.74, 6) is -1.76. The molecule has 0 bridgehead atoms. The van der Waals surface area contributed by atoms with Gasteiger partial charge < -0.3 is 9.64 Å². The molecule has 2 aliphatic heterocycles. The van der Waals surface area contributed by atoms with Gasteiger partial charge in [-0.1, -0.05) is 17.7 Å². The molecular formula is C24H24N2O5. The number of hydrogen-bond donors (Lipinski definition) is 0. The largest absolute Gasteiger partial charge is 0.469 e. The van der Waals surface area contributed by atoms with Crippen LogP contribution in [0.2, 0.25) is 0 Å². The normalized spacial score (nSPS) is 18.2. The molecule has 0 aromatic heterocycles. The SMILES string of the molecule is COC(=O)C1CCCN(C(=O)c2ccc3c(c2)C(=O)N(c2ccc(C)cc2C)C3=O)C1. The van der Waals surface area contributed by atoms with E-state index < -0.39 is 11.8 Å². The monoisotopic (exact) mass is 420 g/mol. The predicted molar refractivity (Wildman–Crippen MR) is 114 cm³/mol. The third-order valence-corrected chi connectivity index (χ3v) is 5.97. The summed E-state index contributed by atoms with van der Waals surface area (Å²) in [7, 11) is 1.34. The minimum Gasteiger partial charge on any atom is -0.469 e. The third kappa shape index (κ3) is 3.60. The summed E-state index contributed by atoms with van der Waals surface area (Å²) in [4.78, 5) is 53.7. The van der Waals surface area contributed by atoms with Crippen LogP contribution in [0.3, 0.4) is 0 Å². The zero-order valence-corrected chi connectivity index (χ0v) is 17.8. The van der Waals surface area contributed by atoms with Crippen LogP contribution in [0.4, 0.5) is 5.69 Å². The Morgan fingerprint density at radius 1 is 1.00 bits per heavy atom. The Morgan fingerprint density at radius 3 is 2.45 bits per heavy atom. The standard InChI is InChI=1S/C24H24N2O5/c1-14-6-9-20(15(2)11-14)26-22(28)18-8-7-16(12-19(18)23(26)29)21(27)25-10-4-5-17(13-25)24(30)31-3/h6-9,11-12,17H,4-5,10,13H2,1-3H3. The molecule has 2 aromatic carbocycles. The number of methoxy groups -OCH3 is 1. The number of benzene rings is 2. The van der Waals surface area contributed by atoms with E-state index in [4.69, 9.17) is 4.74 Å². The van der Waals surface area contributed by atoms with Gasteiger partial charge in [-0.15, -0.1) is 0 Å². The van der Waals surface area contributed by atoms with E-state index in [0.29, 0.717) is 30.6 Å². The van der Waals surface area contributed by atoms with Crippen molar-refractivity contribution in [3.05, 3.63) is 64.2 Å². The highest BCUT2D eigenvalue weighted by molar-refractivity contribution is 6.35. The number of rotatable bonds is 3. The molecule has 7 nitrogen and oxygen atoms in total. The van der Waals surface area contributed by atoms with Crippen LogP contribution in [-0.2, 0) is 9.53 Å². The van der Waals surface area contributed by atoms with Gasteiger partial charge in [0.15, 0.2) is 0 Å². The number of esters is 1. The summed E-state index contributed by atoms with van der Waals surface area (Å²) in [5, 5.41) is 0. The summed E-state index contributed by atoms with van der Waals surface area (Å²) in [6.07, 6.45) is 1.38. The second-order valence-electron chi connectivity index (χ2n) is 8.11. The van der Waals surface area contributed by atoms with E-state index in [1.54, 1.807) is 17.0 Å². The summed E-state index contributed by atoms with van der Waals surface area (Å²) in [5.41, 5.74) is 3.24. The molecule has 0 N–H and O–H groups in total. The highest BCUT2D eigenvalue weighted by Crippen LogP contribution is 2.32. The molecular weight excluding hydrogens is 396 g/mol. The van der Waals surface area contributed by atoms with Crippen LogP contribution in [0.25, 0.3) is 0 Å². The minimum absolute atomic E-state index is 0.220. The molecule has 1 fully saturated rings. The lowest BCUT2D eigenvalue weighted by Gasteiger charge is -2.31. The molecule has 1 unspecified atom stereocenters. The zero-order chi connectivity index (χ0) is 22.3. The van der Waals surface area contributed by atoms with Crippen molar-refractivity contribution in [3.63, 3.8) is 0 Å². The van der Waals surface area contributed by atoms with Gasteiger partial charge >= 0.3 is 5.97 Å². The Kier molecular flexibility index (Phi) is 5.35. The minimum atomic E-state index is -0.437. The molecule has 2 aromatic rings. The van der Waals surface area contributed by atoms with Crippen molar-refractivity contribution < 1.29 is 23.9 Å². The molecule has 7 heteroatoms. The van der Waals surface area contributed by atoms with E-state index in [-0.39, 0.29) is 35.5 Å². The molecule has 160 valence electrons. The van der Waals surface area contributed by atoms with E-state index in [1.165, 1.54) is 24.1 Å². The number of fused-ring (bicyclic) bond motifs is 1. The smallest absolute Gasteiger partial charge is 0.310 e. The topological polar surface area (TPSA) is 84.0 Å². The predicted octanol–water partition coefficient (Wildman–Crippen LogP) is 3.13. The van der Waals surface area contributed by atoms with Gasteiger partial charge in [-0.3, -0.25) is 19.2 Å². The zero-order valence-electron chi connectivity index (χ0n) is 17.8. The van der Waals surface area contributed by atoms with Gasteiger partial charge in [0, 0.05) is 18.7 Å². The maximum atomic E-state index is 13.1. The van der Waals surface area contributed by atoms with E-state index in [1.807, 2.05) is 26.0 Å². The first-order valence-electron chi connectivity index (χ1n) is 10.3. The van der Waals surface area contributed by atoms with E-state index in [0.717, 1.165) is 11.1 Å². The number of carbonyl (C=O) groups is 4. The molecule has 0 aliphatic carbocycles. The van der Waals surface area contributed by atoms with Gasteiger partial charge in [0.05, 0.1) is 29.8 Å². The van der Waals surface area contributed by atoms with Gasteiger partial charge in [0.2, 0.25) is 0 Å². The first-order valence-corrected chi connectivity index (χ1v) is 10.3. The van der Waals surface area contributed by atoms with Crippen molar-refractivity contribution in [2.45, 2.75) is 26.7 Å². The van der Waals surface area contributed by atoms with Crippen molar-refractivity contribution in [1.29, 1.82) is 0 Å². The number of nitrogens with zero attached hydrogens (tertiary/aromatic N) is 2. The van der Waals surface area contributed by atoms with Gasteiger partial charge in [-0.25, -0.2) is 4.90 Å². The molecule has 3 amide bonds. The Morgan fingerprint density at radius 2 is 1.74 bits per heavy atom. The molecule has 4 rings (SSSR count). The van der Waals surface area contributed by atoms with Crippen LogP contribution >= 0.6 is 0 Å². The average molecular weight is 420 g/mol. The Balaban J connectivity index is 1.61. The molecule has 31 heavy (non-hydrogen) atoms. The number of ether oxygens (including phenoxy) is 1. The average Bonchev–Trinajstić information content (AvgIpc) is 3.02. The number of anilines is 1. The maximum absolute atomic E-state index is 13.1. The molecule has 1 saturated heterocycles. The fourth-order valence-electron chi connectivity index (χ4n) is 4.35. The fraction of sp³-hybridized carbons (Fsp3) is 0.333. The lowest BCUT2D eigenvalue weighted by Crippen LogP contribution is -2.42.